The number of ether oxygens (including phenoxy) is 5. The highest BCUT2D eigenvalue weighted by Gasteiger charge is 2.33. The monoisotopic (exact) mass is 524 g/mol. The molecule has 2 aliphatic heterocycles. The molecule has 1 N–H and O–H groups in total. The standard InChI is InChI=1S/C27H41FN2O7/c1-5-19(8-9-20(28)6-2)14-24-18(4)30(21-10-12-33-13-11-21)29-26(24)37-25-16-22(31)15-23(36-25)17-35-27(32)34-7-3/h6,8,21-23,25,31H,5,7,9-17H2,1-4H3/b19-8+,20-6+. The molecule has 1 aromatic heterocycles. The lowest BCUT2D eigenvalue weighted by molar-refractivity contribution is -0.187. The van der Waals surface area contributed by atoms with Crippen molar-refractivity contribution in [2.24, 2.45) is 0 Å². The molecule has 208 valence electrons. The molecule has 10 heteroatoms. The Kier molecular flexibility index (Phi) is 11.4. The van der Waals surface area contributed by atoms with Crippen molar-refractivity contribution >= 4 is 6.16 Å². The SMILES string of the molecule is C/C=C(/F)C/C=C(\CC)Cc1c(OC2CC(O)CC(COC(=O)OCC)O2)nn(C2CCOCC2)c1C. The first kappa shape index (κ1) is 29.1. The summed E-state index contributed by atoms with van der Waals surface area (Å²) in [6.07, 6.45) is 4.55. The van der Waals surface area contributed by atoms with E-state index in [9.17, 15) is 14.3 Å². The molecule has 37 heavy (non-hydrogen) atoms. The number of aliphatic hydroxyl groups excluding tert-OH is 1. The van der Waals surface area contributed by atoms with E-state index in [1.807, 2.05) is 24.6 Å². The number of hydrogen-bond donors (Lipinski definition) is 1. The summed E-state index contributed by atoms with van der Waals surface area (Å²) in [6.45, 7) is 8.98. The van der Waals surface area contributed by atoms with Gasteiger partial charge in [0, 0.05) is 50.2 Å². The Morgan fingerprint density at radius 1 is 1.24 bits per heavy atom. The smallest absolute Gasteiger partial charge is 0.446 e. The molecule has 0 saturated carbocycles. The number of rotatable bonds is 11. The molecule has 0 radical (unpaired) electrons. The van der Waals surface area contributed by atoms with Gasteiger partial charge in [-0.1, -0.05) is 24.6 Å². The average Bonchev–Trinajstić information content (AvgIpc) is 3.19. The van der Waals surface area contributed by atoms with Crippen LogP contribution < -0.4 is 4.74 Å². The molecule has 9 nitrogen and oxygen atoms in total. The lowest BCUT2D eigenvalue weighted by Crippen LogP contribution is -2.41. The van der Waals surface area contributed by atoms with Crippen LogP contribution in [0.2, 0.25) is 0 Å². The highest BCUT2D eigenvalue weighted by molar-refractivity contribution is 5.59. The van der Waals surface area contributed by atoms with Gasteiger partial charge in [-0.2, -0.15) is 0 Å². The molecule has 1 aromatic rings. The highest BCUT2D eigenvalue weighted by atomic mass is 19.1. The highest BCUT2D eigenvalue weighted by Crippen LogP contribution is 2.33. The van der Waals surface area contributed by atoms with E-state index >= 15 is 0 Å². The summed E-state index contributed by atoms with van der Waals surface area (Å²) >= 11 is 0. The Hall–Kier alpha value is -2.43. The van der Waals surface area contributed by atoms with Gasteiger partial charge < -0.3 is 28.8 Å². The number of nitrogens with zero attached hydrogens (tertiary/aromatic N) is 2. The van der Waals surface area contributed by atoms with Crippen molar-refractivity contribution in [1.82, 2.24) is 9.78 Å². The zero-order valence-electron chi connectivity index (χ0n) is 22.4. The molecular formula is C27H41FN2O7. The first-order valence-corrected chi connectivity index (χ1v) is 13.3. The van der Waals surface area contributed by atoms with Crippen LogP contribution >= 0.6 is 0 Å². The van der Waals surface area contributed by atoms with Crippen molar-refractivity contribution in [3.63, 3.8) is 0 Å². The summed E-state index contributed by atoms with van der Waals surface area (Å²) in [5.41, 5.74) is 3.00. The number of halogens is 1. The van der Waals surface area contributed by atoms with Gasteiger partial charge >= 0.3 is 6.16 Å². The van der Waals surface area contributed by atoms with Crippen LogP contribution in [0.15, 0.2) is 23.6 Å². The molecule has 3 rings (SSSR count). The van der Waals surface area contributed by atoms with Crippen molar-refractivity contribution in [3.05, 3.63) is 34.8 Å². The van der Waals surface area contributed by atoms with Gasteiger partial charge in [0.2, 0.25) is 12.2 Å². The summed E-state index contributed by atoms with van der Waals surface area (Å²) < 4.78 is 43.5. The van der Waals surface area contributed by atoms with Crippen LogP contribution in [0.1, 0.15) is 76.6 Å². The third-order valence-electron chi connectivity index (χ3n) is 6.77. The van der Waals surface area contributed by atoms with E-state index in [0.29, 0.717) is 31.9 Å². The van der Waals surface area contributed by atoms with Crippen LogP contribution in [-0.2, 0) is 25.4 Å². The maximum absolute atomic E-state index is 13.8. The Bertz CT molecular complexity index is 939. The largest absolute Gasteiger partial charge is 0.508 e. The third-order valence-corrected chi connectivity index (χ3v) is 6.77. The van der Waals surface area contributed by atoms with E-state index in [4.69, 9.17) is 28.8 Å². The fourth-order valence-corrected chi connectivity index (χ4v) is 4.61. The van der Waals surface area contributed by atoms with E-state index in [1.54, 1.807) is 13.8 Å². The van der Waals surface area contributed by atoms with E-state index in [1.165, 1.54) is 6.08 Å². The predicted molar refractivity (Wildman–Crippen MR) is 135 cm³/mol. The first-order valence-electron chi connectivity index (χ1n) is 13.3. The Morgan fingerprint density at radius 3 is 2.68 bits per heavy atom. The molecule has 3 heterocycles. The topological polar surface area (TPSA) is 101 Å². The molecule has 2 aliphatic rings. The molecule has 2 saturated heterocycles. The van der Waals surface area contributed by atoms with Crippen molar-refractivity contribution in [2.45, 2.75) is 97.2 Å². The molecular weight excluding hydrogens is 483 g/mol. The van der Waals surface area contributed by atoms with E-state index < -0.39 is 24.7 Å². The summed E-state index contributed by atoms with van der Waals surface area (Å²) in [5.74, 6) is 0.275. The van der Waals surface area contributed by atoms with Gasteiger partial charge in [0.15, 0.2) is 0 Å². The van der Waals surface area contributed by atoms with Crippen molar-refractivity contribution in [1.29, 1.82) is 0 Å². The Labute approximate surface area is 218 Å². The predicted octanol–water partition coefficient (Wildman–Crippen LogP) is 5.10. The minimum Gasteiger partial charge on any atom is -0.446 e. The summed E-state index contributed by atoms with van der Waals surface area (Å²) in [7, 11) is 0. The Balaban J connectivity index is 1.80. The van der Waals surface area contributed by atoms with Crippen LogP contribution in [0, 0.1) is 6.92 Å². The number of carbonyl (C=O) groups is 1. The first-order chi connectivity index (χ1) is 17.8. The quantitative estimate of drug-likeness (QED) is 0.315. The fourth-order valence-electron chi connectivity index (χ4n) is 4.61. The van der Waals surface area contributed by atoms with Crippen molar-refractivity contribution < 1.29 is 38.0 Å². The summed E-state index contributed by atoms with van der Waals surface area (Å²) in [4.78, 5) is 11.6. The lowest BCUT2D eigenvalue weighted by atomic mass is 10.0. The van der Waals surface area contributed by atoms with Gasteiger partial charge in [0.25, 0.3) is 0 Å². The van der Waals surface area contributed by atoms with E-state index in [-0.39, 0.29) is 37.9 Å². The van der Waals surface area contributed by atoms with Crippen LogP contribution in [-0.4, -0.2) is 66.0 Å². The average molecular weight is 525 g/mol. The molecule has 3 atom stereocenters. The minimum atomic E-state index is -0.773. The maximum atomic E-state index is 13.8. The number of hydrogen-bond acceptors (Lipinski definition) is 8. The molecule has 3 unspecified atom stereocenters. The van der Waals surface area contributed by atoms with E-state index in [2.05, 4.69) is 0 Å². The molecule has 0 amide bonds. The van der Waals surface area contributed by atoms with Crippen LogP contribution in [0.3, 0.4) is 0 Å². The number of aliphatic hydroxyl groups is 1. The number of aromatic nitrogens is 2. The zero-order chi connectivity index (χ0) is 26.8. The third kappa shape index (κ3) is 8.55. The molecule has 2 fully saturated rings. The van der Waals surface area contributed by atoms with Crippen LogP contribution in [0.4, 0.5) is 9.18 Å². The second-order valence-electron chi connectivity index (χ2n) is 9.41. The van der Waals surface area contributed by atoms with Gasteiger partial charge in [0.1, 0.15) is 6.61 Å². The van der Waals surface area contributed by atoms with Gasteiger partial charge in [-0.3, -0.25) is 4.68 Å². The molecule has 0 aliphatic carbocycles. The van der Waals surface area contributed by atoms with Gasteiger partial charge in [-0.15, -0.1) is 5.10 Å². The van der Waals surface area contributed by atoms with Gasteiger partial charge in [0.05, 0.1) is 30.7 Å². The Morgan fingerprint density at radius 2 is 2.00 bits per heavy atom. The maximum Gasteiger partial charge on any atom is 0.508 e. The summed E-state index contributed by atoms with van der Waals surface area (Å²) in [6, 6.07) is 0.197. The van der Waals surface area contributed by atoms with Crippen LogP contribution in [0.25, 0.3) is 0 Å². The van der Waals surface area contributed by atoms with Gasteiger partial charge in [-0.25, -0.2) is 9.18 Å². The normalized spacial score (nSPS) is 23.7. The van der Waals surface area contributed by atoms with Crippen molar-refractivity contribution in [2.75, 3.05) is 26.4 Å². The van der Waals surface area contributed by atoms with Gasteiger partial charge in [-0.05, 0) is 40.0 Å². The molecule has 0 bridgehead atoms. The summed E-state index contributed by atoms with van der Waals surface area (Å²) in [5, 5.41) is 15.3. The number of allylic oxidation sites excluding steroid dienone is 4. The van der Waals surface area contributed by atoms with Crippen LogP contribution in [0.5, 0.6) is 5.88 Å². The minimum absolute atomic E-state index is 0.0443. The molecule has 0 aromatic carbocycles. The van der Waals surface area contributed by atoms with Crippen molar-refractivity contribution in [3.8, 4) is 5.88 Å². The number of carbonyl (C=O) groups excluding carboxylic acids is 1. The second kappa shape index (κ2) is 14.5. The second-order valence-corrected chi connectivity index (χ2v) is 9.41. The van der Waals surface area contributed by atoms with E-state index in [0.717, 1.165) is 36.1 Å². The zero-order valence-corrected chi connectivity index (χ0v) is 22.4. The molecule has 0 spiro atoms. The fraction of sp³-hybridized carbons (Fsp3) is 0.704. The lowest BCUT2D eigenvalue weighted by Gasteiger charge is -2.32.